The average Bonchev–Trinajstić information content (AvgIpc) is 3.17. The van der Waals surface area contributed by atoms with Crippen molar-refractivity contribution in [1.82, 2.24) is 20.2 Å². The van der Waals surface area contributed by atoms with Crippen molar-refractivity contribution >= 4 is 18.1 Å². The van der Waals surface area contributed by atoms with Crippen LogP contribution in [0.25, 0.3) is 0 Å². The molecular formula is C18H16N6O4. The van der Waals surface area contributed by atoms with E-state index in [-0.39, 0.29) is 6.54 Å². The highest BCUT2D eigenvalue weighted by molar-refractivity contribution is 5.85. The molecule has 142 valence electrons. The van der Waals surface area contributed by atoms with Gasteiger partial charge >= 0.3 is 5.95 Å². The van der Waals surface area contributed by atoms with Gasteiger partial charge in [-0.2, -0.15) is 9.78 Å². The Morgan fingerprint density at radius 3 is 2.71 bits per heavy atom. The number of aromatic nitrogens is 3. The molecule has 0 aliphatic carbocycles. The van der Waals surface area contributed by atoms with Crippen LogP contribution >= 0.6 is 0 Å². The Morgan fingerprint density at radius 2 is 1.96 bits per heavy atom. The molecule has 0 radical (unpaired) electrons. The molecule has 3 rings (SSSR count). The first-order chi connectivity index (χ1) is 13.6. The number of rotatable bonds is 8. The summed E-state index contributed by atoms with van der Waals surface area (Å²) < 4.78 is 6.87. The predicted molar refractivity (Wildman–Crippen MR) is 99.6 cm³/mol. The molecule has 1 N–H and O–H groups in total. The molecule has 1 aromatic heterocycles. The number of amides is 1. The molecule has 28 heavy (non-hydrogen) atoms. The van der Waals surface area contributed by atoms with Crippen LogP contribution in [-0.4, -0.2) is 31.8 Å². The number of hydrogen-bond acceptors (Lipinski definition) is 7. The van der Waals surface area contributed by atoms with Gasteiger partial charge in [0, 0.05) is 10.7 Å². The molecule has 0 saturated heterocycles. The first kappa shape index (κ1) is 18.7. The Hall–Kier alpha value is -4.08. The second-order valence-electron chi connectivity index (χ2n) is 5.60. The minimum atomic E-state index is -0.737. The van der Waals surface area contributed by atoms with Gasteiger partial charge in [-0.3, -0.25) is 4.79 Å². The topological polar surface area (TPSA) is 125 Å². The molecule has 10 nitrogen and oxygen atoms in total. The zero-order valence-corrected chi connectivity index (χ0v) is 14.6. The van der Waals surface area contributed by atoms with Gasteiger partial charge in [0.15, 0.2) is 0 Å². The van der Waals surface area contributed by atoms with Gasteiger partial charge in [-0.25, -0.2) is 5.43 Å². The third-order valence-corrected chi connectivity index (χ3v) is 3.54. The van der Waals surface area contributed by atoms with Gasteiger partial charge in [0.2, 0.25) is 6.33 Å². The highest BCUT2D eigenvalue weighted by Crippen LogP contribution is 2.17. The standard InChI is InChI=1S/C18H16N6O4/c25-17(11-23-13-19-18(22-23)24(26)27)21-20-10-15-8-4-5-9-16(15)28-12-14-6-2-1-3-7-14/h1-10,13H,11-12H2,(H,21,25)/b20-10-. The minimum absolute atomic E-state index is 0.246. The van der Waals surface area contributed by atoms with Crippen LogP contribution in [0.4, 0.5) is 5.95 Å². The maximum atomic E-state index is 11.9. The molecule has 0 unspecified atom stereocenters. The first-order valence-electron chi connectivity index (χ1n) is 8.23. The number of carbonyl (C=O) groups excluding carboxylic acids is 1. The lowest BCUT2D eigenvalue weighted by molar-refractivity contribution is -0.394. The van der Waals surface area contributed by atoms with Crippen molar-refractivity contribution < 1.29 is 14.5 Å². The summed E-state index contributed by atoms with van der Waals surface area (Å²) in [5, 5.41) is 18.0. The normalized spacial score (nSPS) is 10.7. The largest absolute Gasteiger partial charge is 0.490 e. The lowest BCUT2D eigenvalue weighted by Crippen LogP contribution is -2.23. The van der Waals surface area contributed by atoms with Crippen molar-refractivity contribution in [3.05, 3.63) is 82.2 Å². The van der Waals surface area contributed by atoms with Gasteiger partial charge < -0.3 is 14.9 Å². The fourth-order valence-electron chi connectivity index (χ4n) is 2.25. The van der Waals surface area contributed by atoms with E-state index in [1.165, 1.54) is 6.21 Å². The molecule has 2 aromatic carbocycles. The second-order valence-corrected chi connectivity index (χ2v) is 5.60. The van der Waals surface area contributed by atoms with Crippen LogP contribution in [0.5, 0.6) is 5.75 Å². The smallest absolute Gasteiger partial charge is 0.488 e. The van der Waals surface area contributed by atoms with Crippen molar-refractivity contribution in [3.8, 4) is 5.75 Å². The summed E-state index contributed by atoms with van der Waals surface area (Å²) in [5.74, 6) is -0.448. The average molecular weight is 380 g/mol. The second kappa shape index (κ2) is 9.03. The van der Waals surface area contributed by atoms with E-state index in [0.29, 0.717) is 17.9 Å². The van der Waals surface area contributed by atoms with Crippen molar-refractivity contribution in [2.75, 3.05) is 0 Å². The number of carbonyl (C=O) groups is 1. The number of hydrazone groups is 1. The Kier molecular flexibility index (Phi) is 6.03. The fraction of sp³-hybridized carbons (Fsp3) is 0.111. The van der Waals surface area contributed by atoms with Crippen LogP contribution in [-0.2, 0) is 17.9 Å². The molecule has 0 spiro atoms. The number of para-hydroxylation sites is 1. The summed E-state index contributed by atoms with van der Waals surface area (Å²) in [7, 11) is 0. The van der Waals surface area contributed by atoms with Gasteiger partial charge in [-0.1, -0.05) is 47.4 Å². The zero-order chi connectivity index (χ0) is 19.8. The number of nitro groups is 1. The van der Waals surface area contributed by atoms with Crippen LogP contribution in [0, 0.1) is 10.1 Å². The van der Waals surface area contributed by atoms with Crippen molar-refractivity contribution in [2.45, 2.75) is 13.2 Å². The molecule has 1 heterocycles. The van der Waals surface area contributed by atoms with E-state index in [4.69, 9.17) is 4.74 Å². The summed E-state index contributed by atoms with van der Waals surface area (Å²) in [6, 6.07) is 17.0. The number of benzene rings is 2. The summed E-state index contributed by atoms with van der Waals surface area (Å²) in [5.41, 5.74) is 4.06. The van der Waals surface area contributed by atoms with E-state index in [2.05, 4.69) is 20.6 Å². The number of nitrogens with one attached hydrogen (secondary N) is 1. The third kappa shape index (κ3) is 5.21. The van der Waals surface area contributed by atoms with Crippen LogP contribution in [0.15, 0.2) is 66.0 Å². The highest BCUT2D eigenvalue weighted by Gasteiger charge is 2.14. The lowest BCUT2D eigenvalue weighted by atomic mass is 10.2. The Labute approximate surface area is 159 Å². The van der Waals surface area contributed by atoms with Crippen molar-refractivity contribution in [1.29, 1.82) is 0 Å². The summed E-state index contributed by atoms with van der Waals surface area (Å²) in [6.07, 6.45) is 2.57. The van der Waals surface area contributed by atoms with E-state index in [1.54, 1.807) is 12.1 Å². The molecule has 0 fully saturated rings. The maximum absolute atomic E-state index is 11.9. The maximum Gasteiger partial charge on any atom is 0.490 e. The Bertz CT molecular complexity index is 987. The third-order valence-electron chi connectivity index (χ3n) is 3.54. The van der Waals surface area contributed by atoms with E-state index < -0.39 is 16.8 Å². The SMILES string of the molecule is O=C(Cn1cnc([N+](=O)[O-])n1)N/N=C\c1ccccc1OCc1ccccc1. The van der Waals surface area contributed by atoms with Gasteiger partial charge in [0.1, 0.15) is 18.9 Å². The monoisotopic (exact) mass is 380 g/mol. The van der Waals surface area contributed by atoms with Gasteiger partial charge in [-0.15, -0.1) is 0 Å². The number of hydrogen-bond donors (Lipinski definition) is 1. The summed E-state index contributed by atoms with van der Waals surface area (Å²) in [6.45, 7) is 0.160. The van der Waals surface area contributed by atoms with Crippen LogP contribution in [0.2, 0.25) is 0 Å². The van der Waals surface area contributed by atoms with Crippen molar-refractivity contribution in [3.63, 3.8) is 0 Å². The quantitative estimate of drug-likeness (QED) is 0.362. The van der Waals surface area contributed by atoms with Crippen LogP contribution in [0.3, 0.4) is 0 Å². The molecule has 0 aliphatic heterocycles. The zero-order valence-electron chi connectivity index (χ0n) is 14.6. The van der Waals surface area contributed by atoms with Crippen LogP contribution in [0.1, 0.15) is 11.1 Å². The molecular weight excluding hydrogens is 364 g/mol. The molecule has 0 atom stereocenters. The number of nitrogens with zero attached hydrogens (tertiary/aromatic N) is 5. The first-order valence-corrected chi connectivity index (χ1v) is 8.23. The van der Waals surface area contributed by atoms with Crippen LogP contribution < -0.4 is 10.2 Å². The minimum Gasteiger partial charge on any atom is -0.488 e. The molecule has 0 aliphatic rings. The Morgan fingerprint density at radius 1 is 1.21 bits per heavy atom. The van der Waals surface area contributed by atoms with Gasteiger partial charge in [0.05, 0.1) is 6.21 Å². The molecule has 3 aromatic rings. The van der Waals surface area contributed by atoms with E-state index in [0.717, 1.165) is 16.6 Å². The lowest BCUT2D eigenvalue weighted by Gasteiger charge is -2.08. The predicted octanol–water partition coefficient (Wildman–Crippen LogP) is 1.92. The van der Waals surface area contributed by atoms with Gasteiger partial charge in [0.25, 0.3) is 5.91 Å². The van der Waals surface area contributed by atoms with E-state index in [9.17, 15) is 14.9 Å². The fourth-order valence-corrected chi connectivity index (χ4v) is 2.25. The van der Waals surface area contributed by atoms with Gasteiger partial charge in [-0.05, 0) is 22.6 Å². The highest BCUT2D eigenvalue weighted by atomic mass is 16.6. The molecule has 1 amide bonds. The summed E-state index contributed by atoms with van der Waals surface area (Å²) in [4.78, 5) is 25.1. The van der Waals surface area contributed by atoms with Crippen molar-refractivity contribution in [2.24, 2.45) is 5.10 Å². The van der Waals surface area contributed by atoms with E-state index >= 15 is 0 Å². The summed E-state index contributed by atoms with van der Waals surface area (Å²) >= 11 is 0. The van der Waals surface area contributed by atoms with E-state index in [1.807, 2.05) is 42.5 Å². The molecule has 0 saturated carbocycles. The molecule has 10 heteroatoms. The Balaban J connectivity index is 1.56. The number of ether oxygens (including phenoxy) is 1. The molecule has 0 bridgehead atoms.